The van der Waals surface area contributed by atoms with Crippen LogP contribution in [0.2, 0.25) is 5.02 Å². The first-order valence-electron chi connectivity index (χ1n) is 5.39. The molecule has 0 atom stereocenters. The van der Waals surface area contributed by atoms with Crippen LogP contribution in [0.5, 0.6) is 5.75 Å². The SMILES string of the molecule is COc1cc(Cl)c(F)c(C2(N)CCCC2)c1. The fraction of sp³-hybridized carbons (Fsp3) is 0.500. The molecule has 2 rings (SSSR count). The van der Waals surface area contributed by atoms with Crippen LogP contribution in [0.1, 0.15) is 31.2 Å². The lowest BCUT2D eigenvalue weighted by atomic mass is 9.89. The predicted molar refractivity (Wildman–Crippen MR) is 62.3 cm³/mol. The van der Waals surface area contributed by atoms with Crippen molar-refractivity contribution in [3.05, 3.63) is 28.5 Å². The van der Waals surface area contributed by atoms with E-state index in [4.69, 9.17) is 22.1 Å². The van der Waals surface area contributed by atoms with Crippen molar-refractivity contribution in [2.75, 3.05) is 7.11 Å². The maximum atomic E-state index is 13.9. The molecule has 2 N–H and O–H groups in total. The van der Waals surface area contributed by atoms with E-state index in [-0.39, 0.29) is 5.02 Å². The van der Waals surface area contributed by atoms with Crippen molar-refractivity contribution >= 4 is 11.6 Å². The molecule has 2 nitrogen and oxygen atoms in total. The molecular formula is C12H15ClFNO. The zero-order valence-corrected chi connectivity index (χ0v) is 9.98. The van der Waals surface area contributed by atoms with Gasteiger partial charge in [-0.15, -0.1) is 0 Å². The molecule has 0 heterocycles. The van der Waals surface area contributed by atoms with Gasteiger partial charge in [0.1, 0.15) is 11.6 Å². The van der Waals surface area contributed by atoms with Crippen molar-refractivity contribution in [1.29, 1.82) is 0 Å². The standard InChI is InChI=1S/C12H15ClFNO/c1-16-8-6-9(11(14)10(13)7-8)12(15)4-2-3-5-12/h6-7H,2-5,15H2,1H3. The van der Waals surface area contributed by atoms with Gasteiger partial charge in [0.2, 0.25) is 0 Å². The predicted octanol–water partition coefficient (Wildman–Crippen LogP) is 3.22. The summed E-state index contributed by atoms with van der Waals surface area (Å²) >= 11 is 5.83. The summed E-state index contributed by atoms with van der Waals surface area (Å²) in [6.45, 7) is 0. The number of ether oxygens (including phenoxy) is 1. The summed E-state index contributed by atoms with van der Waals surface area (Å²) in [4.78, 5) is 0. The van der Waals surface area contributed by atoms with Crippen LogP contribution in [-0.2, 0) is 5.54 Å². The molecule has 0 saturated heterocycles. The fourth-order valence-electron chi connectivity index (χ4n) is 2.32. The monoisotopic (exact) mass is 243 g/mol. The highest BCUT2D eigenvalue weighted by Crippen LogP contribution is 2.40. The van der Waals surface area contributed by atoms with Crippen molar-refractivity contribution < 1.29 is 9.13 Å². The Balaban J connectivity index is 2.50. The Morgan fingerprint density at radius 3 is 2.56 bits per heavy atom. The van der Waals surface area contributed by atoms with E-state index in [1.54, 1.807) is 6.07 Å². The second-order valence-electron chi connectivity index (χ2n) is 4.33. The summed E-state index contributed by atoms with van der Waals surface area (Å²) in [6, 6.07) is 3.13. The van der Waals surface area contributed by atoms with Crippen molar-refractivity contribution in [1.82, 2.24) is 0 Å². The van der Waals surface area contributed by atoms with Gasteiger partial charge in [0.15, 0.2) is 0 Å². The van der Waals surface area contributed by atoms with Crippen LogP contribution in [0, 0.1) is 5.82 Å². The maximum Gasteiger partial charge on any atom is 0.147 e. The molecule has 0 amide bonds. The zero-order valence-electron chi connectivity index (χ0n) is 9.22. The van der Waals surface area contributed by atoms with E-state index in [1.165, 1.54) is 13.2 Å². The second kappa shape index (κ2) is 4.22. The van der Waals surface area contributed by atoms with Gasteiger partial charge in [0.05, 0.1) is 12.1 Å². The van der Waals surface area contributed by atoms with Crippen LogP contribution < -0.4 is 10.5 Å². The van der Waals surface area contributed by atoms with Crippen molar-refractivity contribution in [3.63, 3.8) is 0 Å². The largest absolute Gasteiger partial charge is 0.497 e. The normalized spacial score (nSPS) is 18.8. The molecule has 1 saturated carbocycles. The van der Waals surface area contributed by atoms with Gasteiger partial charge in [0, 0.05) is 17.2 Å². The van der Waals surface area contributed by atoms with E-state index in [9.17, 15) is 4.39 Å². The highest BCUT2D eigenvalue weighted by atomic mass is 35.5. The molecular weight excluding hydrogens is 229 g/mol. The van der Waals surface area contributed by atoms with Gasteiger partial charge < -0.3 is 10.5 Å². The number of hydrogen-bond acceptors (Lipinski definition) is 2. The van der Waals surface area contributed by atoms with Crippen LogP contribution >= 0.6 is 11.6 Å². The molecule has 0 spiro atoms. The van der Waals surface area contributed by atoms with Gasteiger partial charge in [0.25, 0.3) is 0 Å². The van der Waals surface area contributed by atoms with E-state index < -0.39 is 11.4 Å². The second-order valence-corrected chi connectivity index (χ2v) is 4.74. The van der Waals surface area contributed by atoms with E-state index >= 15 is 0 Å². The molecule has 1 aliphatic carbocycles. The quantitative estimate of drug-likeness (QED) is 0.866. The average molecular weight is 244 g/mol. The minimum absolute atomic E-state index is 0.0751. The number of hydrogen-bond donors (Lipinski definition) is 1. The molecule has 0 unspecified atom stereocenters. The summed E-state index contributed by atoms with van der Waals surface area (Å²) < 4.78 is 19.0. The van der Waals surface area contributed by atoms with Crippen LogP contribution in [0.4, 0.5) is 4.39 Å². The molecule has 1 fully saturated rings. The number of nitrogens with two attached hydrogens (primary N) is 1. The first-order valence-corrected chi connectivity index (χ1v) is 5.77. The molecule has 1 aliphatic rings. The Bertz CT molecular complexity index is 402. The number of benzene rings is 1. The fourth-order valence-corrected chi connectivity index (χ4v) is 2.53. The molecule has 0 aliphatic heterocycles. The van der Waals surface area contributed by atoms with Gasteiger partial charge in [-0.1, -0.05) is 24.4 Å². The van der Waals surface area contributed by atoms with Gasteiger partial charge in [-0.2, -0.15) is 0 Å². The highest BCUT2D eigenvalue weighted by molar-refractivity contribution is 6.31. The number of rotatable bonds is 2. The lowest BCUT2D eigenvalue weighted by Gasteiger charge is -2.25. The molecule has 4 heteroatoms. The van der Waals surface area contributed by atoms with Gasteiger partial charge >= 0.3 is 0 Å². The van der Waals surface area contributed by atoms with Crippen LogP contribution in [-0.4, -0.2) is 7.11 Å². The maximum absolute atomic E-state index is 13.9. The lowest BCUT2D eigenvalue weighted by Crippen LogP contribution is -2.34. The van der Waals surface area contributed by atoms with Crippen LogP contribution in [0.25, 0.3) is 0 Å². The van der Waals surface area contributed by atoms with E-state index in [2.05, 4.69) is 0 Å². The zero-order chi connectivity index (χ0) is 11.8. The lowest BCUT2D eigenvalue weighted by molar-refractivity contribution is 0.400. The summed E-state index contributed by atoms with van der Waals surface area (Å²) in [7, 11) is 1.53. The minimum atomic E-state index is -0.581. The molecule has 0 aromatic heterocycles. The van der Waals surface area contributed by atoms with Crippen molar-refractivity contribution in [3.8, 4) is 5.75 Å². The summed E-state index contributed by atoms with van der Waals surface area (Å²) in [5.41, 5.74) is 6.12. The molecule has 1 aromatic carbocycles. The molecule has 0 radical (unpaired) electrons. The first kappa shape index (κ1) is 11.7. The third-order valence-electron chi connectivity index (χ3n) is 3.27. The Kier molecular flexibility index (Phi) is 3.08. The first-order chi connectivity index (χ1) is 7.57. The van der Waals surface area contributed by atoms with Gasteiger partial charge in [-0.25, -0.2) is 4.39 Å². The van der Waals surface area contributed by atoms with Crippen molar-refractivity contribution in [2.24, 2.45) is 5.73 Å². The summed E-state index contributed by atoms with van der Waals surface area (Å²) in [5.74, 6) is 0.144. The van der Waals surface area contributed by atoms with E-state index in [0.717, 1.165) is 25.7 Å². The van der Waals surface area contributed by atoms with Crippen LogP contribution in [0.3, 0.4) is 0 Å². The summed E-state index contributed by atoms with van der Waals surface area (Å²) in [6.07, 6.45) is 3.66. The Hall–Kier alpha value is -0.800. The molecule has 88 valence electrons. The minimum Gasteiger partial charge on any atom is -0.497 e. The number of halogens is 2. The van der Waals surface area contributed by atoms with E-state index in [1.807, 2.05) is 0 Å². The smallest absolute Gasteiger partial charge is 0.147 e. The molecule has 16 heavy (non-hydrogen) atoms. The van der Waals surface area contributed by atoms with E-state index in [0.29, 0.717) is 11.3 Å². The Labute approximate surface area is 99.5 Å². The molecule has 1 aromatic rings. The average Bonchev–Trinajstić information content (AvgIpc) is 2.70. The molecule has 0 bridgehead atoms. The van der Waals surface area contributed by atoms with Crippen molar-refractivity contribution in [2.45, 2.75) is 31.2 Å². The third kappa shape index (κ3) is 1.89. The van der Waals surface area contributed by atoms with Crippen LogP contribution in [0.15, 0.2) is 12.1 Å². The van der Waals surface area contributed by atoms with Gasteiger partial charge in [-0.3, -0.25) is 0 Å². The summed E-state index contributed by atoms with van der Waals surface area (Å²) in [5, 5.41) is 0.0751. The Morgan fingerprint density at radius 1 is 1.38 bits per heavy atom. The highest BCUT2D eigenvalue weighted by Gasteiger charge is 2.34. The van der Waals surface area contributed by atoms with Gasteiger partial charge in [-0.05, 0) is 18.9 Å². The Morgan fingerprint density at radius 2 is 2.00 bits per heavy atom. The third-order valence-corrected chi connectivity index (χ3v) is 3.54. The topological polar surface area (TPSA) is 35.2 Å². The number of methoxy groups -OCH3 is 1.